The molecule has 0 spiro atoms. The van der Waals surface area contributed by atoms with E-state index in [0.29, 0.717) is 24.1 Å². The van der Waals surface area contributed by atoms with Crippen molar-refractivity contribution in [3.8, 4) is 0 Å². The minimum atomic E-state index is -0.363. The van der Waals surface area contributed by atoms with Crippen molar-refractivity contribution in [1.29, 1.82) is 0 Å². The Bertz CT molecular complexity index is 990. The number of halogens is 1. The zero-order chi connectivity index (χ0) is 21.8. The number of hydrogen-bond donors (Lipinski definition) is 0. The average molecular weight is 486 g/mol. The Hall–Kier alpha value is -1.96. The van der Waals surface area contributed by atoms with E-state index in [9.17, 15) is 4.79 Å². The molecular weight excluding hydrogens is 458 g/mol. The van der Waals surface area contributed by atoms with Gasteiger partial charge in [-0.25, -0.2) is 4.79 Å². The molecular formula is C24H28BrN3O3. The summed E-state index contributed by atoms with van der Waals surface area (Å²) in [5.74, 6) is 0.241. The van der Waals surface area contributed by atoms with E-state index in [1.54, 1.807) is 12.3 Å². The largest absolute Gasteiger partial charge is 0.462 e. The van der Waals surface area contributed by atoms with Crippen LogP contribution in [0.1, 0.15) is 23.2 Å². The van der Waals surface area contributed by atoms with Crippen LogP contribution in [0.3, 0.4) is 0 Å². The van der Waals surface area contributed by atoms with Gasteiger partial charge in [0.05, 0.1) is 18.2 Å². The number of allylic oxidation sites excluding steroid dienone is 2. The van der Waals surface area contributed by atoms with Gasteiger partial charge in [0, 0.05) is 55.4 Å². The second-order valence-corrected chi connectivity index (χ2v) is 10.1. The first kappa shape index (κ1) is 20.9. The van der Waals surface area contributed by atoms with Crippen molar-refractivity contribution in [1.82, 2.24) is 14.8 Å². The zero-order valence-electron chi connectivity index (χ0n) is 18.1. The Labute approximate surface area is 191 Å². The molecule has 0 amide bonds. The fourth-order valence-electron chi connectivity index (χ4n) is 6.10. The standard InChI is InChI=1S/C24H28BrN3O3/c1-27-13-17-8-21-24(30-3,19-5-4-6-20(27)22(17)19)9-15(12-28(21)2)14-31-23(29)16-7-18(25)11-26-10-16/h4-7,10-11,13,15,20-22H,8-9,12,14H2,1-3H3/t15-,20-,21-,22+,24+/m1/s1. The number of piperidine rings is 1. The lowest BCUT2D eigenvalue weighted by Gasteiger charge is -2.57. The number of carbonyl (C=O) groups excluding carboxylic acids is 1. The molecule has 1 aromatic rings. The minimum absolute atomic E-state index is 0.195. The topological polar surface area (TPSA) is 54.9 Å². The van der Waals surface area contributed by atoms with E-state index in [2.05, 4.69) is 69.2 Å². The third kappa shape index (κ3) is 3.38. The Morgan fingerprint density at radius 3 is 2.97 bits per heavy atom. The monoisotopic (exact) mass is 485 g/mol. The Kier molecular flexibility index (Phi) is 5.31. The number of hydrogen-bond acceptors (Lipinski definition) is 6. The van der Waals surface area contributed by atoms with E-state index in [-0.39, 0.29) is 23.5 Å². The fraction of sp³-hybridized carbons (Fsp3) is 0.500. The van der Waals surface area contributed by atoms with Gasteiger partial charge in [0.25, 0.3) is 0 Å². The lowest BCUT2D eigenvalue weighted by atomic mass is 9.61. The second kappa shape index (κ2) is 7.87. The van der Waals surface area contributed by atoms with Gasteiger partial charge in [-0.15, -0.1) is 0 Å². The third-order valence-corrected chi connectivity index (χ3v) is 7.81. The maximum Gasteiger partial charge on any atom is 0.339 e. The Morgan fingerprint density at radius 2 is 2.19 bits per heavy atom. The van der Waals surface area contributed by atoms with E-state index in [4.69, 9.17) is 9.47 Å². The molecule has 3 heterocycles. The number of nitrogens with zero attached hydrogens (tertiary/aromatic N) is 3. The highest BCUT2D eigenvalue weighted by Gasteiger charge is 2.57. The van der Waals surface area contributed by atoms with Crippen LogP contribution in [-0.4, -0.2) is 72.8 Å². The molecule has 6 nitrogen and oxygen atoms in total. The zero-order valence-corrected chi connectivity index (χ0v) is 19.7. The minimum Gasteiger partial charge on any atom is -0.462 e. The molecule has 1 saturated heterocycles. The molecule has 0 unspecified atom stereocenters. The summed E-state index contributed by atoms with van der Waals surface area (Å²) in [4.78, 5) is 21.3. The fourth-order valence-corrected chi connectivity index (χ4v) is 6.46. The number of methoxy groups -OCH3 is 1. The summed E-state index contributed by atoms with van der Waals surface area (Å²) in [7, 11) is 6.17. The van der Waals surface area contributed by atoms with Gasteiger partial charge in [0.1, 0.15) is 5.60 Å². The first-order valence-electron chi connectivity index (χ1n) is 10.8. The Balaban J connectivity index is 1.38. The number of rotatable bonds is 4. The number of ether oxygens (including phenoxy) is 2. The van der Waals surface area contributed by atoms with Crippen LogP contribution in [0.25, 0.3) is 0 Å². The summed E-state index contributed by atoms with van der Waals surface area (Å²) in [5, 5.41) is 0. The normalized spacial score (nSPS) is 34.0. The molecule has 1 saturated carbocycles. The van der Waals surface area contributed by atoms with Crippen molar-refractivity contribution < 1.29 is 14.3 Å². The molecule has 0 bridgehead atoms. The molecule has 7 heteroatoms. The van der Waals surface area contributed by atoms with Crippen LogP contribution in [0, 0.1) is 11.8 Å². The van der Waals surface area contributed by atoms with Crippen molar-refractivity contribution in [3.05, 3.63) is 64.1 Å². The van der Waals surface area contributed by atoms with E-state index in [0.717, 1.165) is 23.9 Å². The Morgan fingerprint density at radius 1 is 1.35 bits per heavy atom. The van der Waals surface area contributed by atoms with Gasteiger partial charge in [0.2, 0.25) is 0 Å². The van der Waals surface area contributed by atoms with Crippen LogP contribution in [0.15, 0.2) is 58.5 Å². The van der Waals surface area contributed by atoms with E-state index >= 15 is 0 Å². The number of likely N-dealkylation sites (N-methyl/N-ethyl adjacent to an activating group) is 2. The molecule has 2 aliphatic heterocycles. The maximum atomic E-state index is 12.6. The molecule has 164 valence electrons. The molecule has 2 fully saturated rings. The third-order valence-electron chi connectivity index (χ3n) is 7.38. The summed E-state index contributed by atoms with van der Waals surface area (Å²) in [6.45, 7) is 1.24. The lowest BCUT2D eigenvalue weighted by Crippen LogP contribution is -2.64. The van der Waals surface area contributed by atoms with E-state index in [1.807, 2.05) is 7.11 Å². The van der Waals surface area contributed by atoms with Gasteiger partial charge in [-0.3, -0.25) is 9.88 Å². The SMILES string of the molecule is CO[C@]12C[C@@H](COC(=O)c3cncc(Br)c3)CN(C)[C@@H]1CC1=CN(C)[C@@H]3C=CC=C2[C@H]13. The average Bonchev–Trinajstić information content (AvgIpc) is 3.09. The predicted molar refractivity (Wildman–Crippen MR) is 121 cm³/mol. The van der Waals surface area contributed by atoms with Gasteiger partial charge in [0.15, 0.2) is 0 Å². The molecule has 5 rings (SSSR count). The van der Waals surface area contributed by atoms with Crippen molar-refractivity contribution >= 4 is 21.9 Å². The van der Waals surface area contributed by atoms with Crippen molar-refractivity contribution in [2.75, 3.05) is 34.4 Å². The number of aromatic nitrogens is 1. The van der Waals surface area contributed by atoms with Gasteiger partial charge < -0.3 is 14.4 Å². The van der Waals surface area contributed by atoms with Gasteiger partial charge >= 0.3 is 5.97 Å². The molecule has 1 aromatic heterocycles. The number of likely N-dealkylation sites (tertiary alicyclic amines) is 1. The quantitative estimate of drug-likeness (QED) is 0.609. The first-order chi connectivity index (χ1) is 14.9. The highest BCUT2D eigenvalue weighted by Crippen LogP contribution is 2.54. The highest BCUT2D eigenvalue weighted by atomic mass is 79.9. The molecule has 31 heavy (non-hydrogen) atoms. The van der Waals surface area contributed by atoms with Crippen LogP contribution in [0.2, 0.25) is 0 Å². The summed E-state index contributed by atoms with van der Waals surface area (Å²) in [6, 6.07) is 2.39. The molecule has 4 aliphatic rings. The van der Waals surface area contributed by atoms with Crippen LogP contribution < -0.4 is 0 Å². The molecule has 5 atom stereocenters. The number of carbonyl (C=O) groups is 1. The maximum absolute atomic E-state index is 12.6. The predicted octanol–water partition coefficient (Wildman–Crippen LogP) is 3.42. The van der Waals surface area contributed by atoms with Crippen LogP contribution in [0.5, 0.6) is 0 Å². The number of pyridine rings is 1. The van der Waals surface area contributed by atoms with Crippen molar-refractivity contribution in [2.24, 2.45) is 11.8 Å². The van der Waals surface area contributed by atoms with Gasteiger partial charge in [-0.2, -0.15) is 0 Å². The van der Waals surface area contributed by atoms with E-state index < -0.39 is 0 Å². The molecule has 0 aromatic carbocycles. The summed E-state index contributed by atoms with van der Waals surface area (Å²) >= 11 is 3.36. The number of fused-ring (bicyclic) bond motifs is 2. The second-order valence-electron chi connectivity index (χ2n) is 9.16. The molecule has 0 N–H and O–H groups in total. The van der Waals surface area contributed by atoms with Crippen LogP contribution in [0.4, 0.5) is 0 Å². The van der Waals surface area contributed by atoms with Gasteiger partial charge in [-0.1, -0.05) is 18.2 Å². The summed E-state index contributed by atoms with van der Waals surface area (Å²) in [6.07, 6.45) is 14.1. The summed E-state index contributed by atoms with van der Waals surface area (Å²) in [5.41, 5.74) is 2.97. The van der Waals surface area contributed by atoms with Gasteiger partial charge in [-0.05, 0) is 59.2 Å². The molecule has 2 aliphatic carbocycles. The van der Waals surface area contributed by atoms with E-state index in [1.165, 1.54) is 17.3 Å². The van der Waals surface area contributed by atoms with Crippen molar-refractivity contribution in [2.45, 2.75) is 30.5 Å². The molecule has 0 radical (unpaired) electrons. The number of esters is 1. The highest BCUT2D eigenvalue weighted by molar-refractivity contribution is 9.10. The first-order valence-corrected chi connectivity index (χ1v) is 11.6. The van der Waals surface area contributed by atoms with Crippen molar-refractivity contribution in [3.63, 3.8) is 0 Å². The summed E-state index contributed by atoms with van der Waals surface area (Å²) < 4.78 is 12.9. The smallest absolute Gasteiger partial charge is 0.339 e. The van der Waals surface area contributed by atoms with Crippen LogP contribution in [-0.2, 0) is 9.47 Å². The lowest BCUT2D eigenvalue weighted by molar-refractivity contribution is -0.111. The van der Waals surface area contributed by atoms with Crippen LogP contribution >= 0.6 is 15.9 Å².